The van der Waals surface area contributed by atoms with E-state index in [1.54, 1.807) is 6.08 Å². The second-order valence-electron chi connectivity index (χ2n) is 24.6. The maximum atomic E-state index is 12.4. The molecule has 474 valence electrons. The zero-order valence-electron chi connectivity index (χ0n) is 54.3. The average Bonchev–Trinajstić information content (AvgIpc) is 3.47. The van der Waals surface area contributed by atoms with Gasteiger partial charge in [0.1, 0.15) is 0 Å². The van der Waals surface area contributed by atoms with Gasteiger partial charge in [-0.1, -0.05) is 331 Å². The highest BCUT2D eigenvalue weighted by atomic mass is 16.5. The standard InChI is InChI=1S/C75H139NO5/c1-3-5-7-9-11-13-15-16-42-46-49-53-57-61-65-69-75(80)81-70-66-62-58-54-50-47-44-41-39-37-35-33-31-29-27-25-23-21-19-17-18-20-22-24-26-28-30-32-34-36-38-40-43-45-48-52-56-60-64-68-74(79)76-72(71-77)73(78)67-63-59-55-51-14-12-10-8-6-4-2/h11,13,16-18,21,23,42,63,67,72-73,77-78H,3-10,12,14-15,19-20,22,24-41,43-62,64-66,68-71H2,1-2H3,(H,76,79)/b13-11-,18-17-,23-21-,42-16-,67-63+. The van der Waals surface area contributed by atoms with E-state index in [1.807, 2.05) is 6.08 Å². The maximum absolute atomic E-state index is 12.4. The van der Waals surface area contributed by atoms with Crippen molar-refractivity contribution in [3.8, 4) is 0 Å². The topological polar surface area (TPSA) is 95.9 Å². The Labute approximate surface area is 505 Å². The second kappa shape index (κ2) is 70.0. The number of hydrogen-bond donors (Lipinski definition) is 3. The van der Waals surface area contributed by atoms with E-state index in [0.717, 1.165) is 57.8 Å². The molecule has 0 radical (unpaired) electrons. The van der Waals surface area contributed by atoms with Crippen molar-refractivity contribution in [3.05, 3.63) is 60.8 Å². The van der Waals surface area contributed by atoms with Crippen LogP contribution in [-0.4, -0.2) is 47.4 Å². The number of aliphatic hydroxyl groups is 2. The smallest absolute Gasteiger partial charge is 0.305 e. The Bertz CT molecular complexity index is 1400. The summed E-state index contributed by atoms with van der Waals surface area (Å²) in [5, 5.41) is 23.0. The van der Waals surface area contributed by atoms with Crippen molar-refractivity contribution < 1.29 is 24.5 Å². The van der Waals surface area contributed by atoms with Crippen LogP contribution in [0.1, 0.15) is 380 Å². The molecule has 1 amide bonds. The zero-order valence-corrected chi connectivity index (χ0v) is 54.3. The number of carbonyl (C=O) groups excluding carboxylic acids is 2. The van der Waals surface area contributed by atoms with Crippen LogP contribution in [0.4, 0.5) is 0 Å². The number of unbranched alkanes of at least 4 members (excludes halogenated alkanes) is 48. The fourth-order valence-corrected chi connectivity index (χ4v) is 11.0. The largest absolute Gasteiger partial charge is 0.466 e. The number of rotatable bonds is 67. The van der Waals surface area contributed by atoms with E-state index in [0.29, 0.717) is 19.4 Å². The molecule has 0 bridgehead atoms. The molecule has 2 atom stereocenters. The summed E-state index contributed by atoms with van der Waals surface area (Å²) in [6.07, 6.45) is 93.3. The Kier molecular flexibility index (Phi) is 67.9. The SMILES string of the molecule is CCCCC/C=C\C/C=C\CCCCCCCC(=O)OCCCCCCCCCCCCCCCCC/C=C\C/C=C\CCCCCCCCCCCCCCCCCCCC(=O)NC(CO)C(O)/C=C/CCCCCCCCCC. The first-order chi connectivity index (χ1) is 40.0. The average molecular weight is 1130 g/mol. The highest BCUT2D eigenvalue weighted by molar-refractivity contribution is 5.76. The first-order valence-electron chi connectivity index (χ1n) is 36.1. The zero-order chi connectivity index (χ0) is 58.5. The number of amides is 1. The minimum absolute atomic E-state index is 0.00585. The van der Waals surface area contributed by atoms with E-state index in [9.17, 15) is 19.8 Å². The fraction of sp³-hybridized carbons (Fsp3) is 0.840. The van der Waals surface area contributed by atoms with E-state index < -0.39 is 12.1 Å². The van der Waals surface area contributed by atoms with Crippen LogP contribution in [0.5, 0.6) is 0 Å². The molecular weight excluding hydrogens is 995 g/mol. The van der Waals surface area contributed by atoms with E-state index >= 15 is 0 Å². The van der Waals surface area contributed by atoms with Crippen molar-refractivity contribution in [3.63, 3.8) is 0 Å². The Morgan fingerprint density at radius 3 is 0.963 bits per heavy atom. The van der Waals surface area contributed by atoms with E-state index in [1.165, 1.54) is 295 Å². The molecular formula is C75H139NO5. The van der Waals surface area contributed by atoms with Gasteiger partial charge >= 0.3 is 5.97 Å². The molecule has 0 fully saturated rings. The lowest BCUT2D eigenvalue weighted by atomic mass is 10.0. The molecule has 0 saturated heterocycles. The first-order valence-corrected chi connectivity index (χ1v) is 36.1. The van der Waals surface area contributed by atoms with Gasteiger partial charge < -0.3 is 20.3 Å². The van der Waals surface area contributed by atoms with Gasteiger partial charge in [-0.3, -0.25) is 9.59 Å². The van der Waals surface area contributed by atoms with Crippen molar-refractivity contribution in [2.75, 3.05) is 13.2 Å². The minimum Gasteiger partial charge on any atom is -0.466 e. The van der Waals surface area contributed by atoms with Crippen LogP contribution in [0.2, 0.25) is 0 Å². The number of nitrogens with one attached hydrogen (secondary N) is 1. The fourth-order valence-electron chi connectivity index (χ4n) is 11.0. The van der Waals surface area contributed by atoms with Gasteiger partial charge in [-0.25, -0.2) is 0 Å². The summed E-state index contributed by atoms with van der Waals surface area (Å²) in [6.45, 7) is 4.87. The number of esters is 1. The maximum Gasteiger partial charge on any atom is 0.305 e. The Hall–Kier alpha value is -2.44. The Morgan fingerprint density at radius 2 is 0.617 bits per heavy atom. The predicted molar refractivity (Wildman–Crippen MR) is 356 cm³/mol. The first kappa shape index (κ1) is 78.6. The van der Waals surface area contributed by atoms with Crippen molar-refractivity contribution in [1.29, 1.82) is 0 Å². The summed E-state index contributed by atoms with van der Waals surface area (Å²) in [4.78, 5) is 24.5. The number of ether oxygens (including phenoxy) is 1. The molecule has 0 aromatic carbocycles. The van der Waals surface area contributed by atoms with Gasteiger partial charge in [0.2, 0.25) is 5.91 Å². The predicted octanol–water partition coefficient (Wildman–Crippen LogP) is 23.4. The molecule has 0 aromatic heterocycles. The quantitative estimate of drug-likeness (QED) is 0.0320. The number of aliphatic hydroxyl groups excluding tert-OH is 2. The molecule has 6 heteroatoms. The molecule has 2 unspecified atom stereocenters. The lowest BCUT2D eigenvalue weighted by molar-refractivity contribution is -0.143. The number of allylic oxidation sites excluding steroid dienone is 9. The van der Waals surface area contributed by atoms with Gasteiger partial charge in [0.05, 0.1) is 25.4 Å². The van der Waals surface area contributed by atoms with Gasteiger partial charge in [-0.05, 0) is 96.3 Å². The third kappa shape index (κ3) is 66.6. The van der Waals surface area contributed by atoms with E-state index in [4.69, 9.17) is 4.74 Å². The minimum atomic E-state index is -0.841. The monoisotopic (exact) mass is 1130 g/mol. The lowest BCUT2D eigenvalue weighted by Crippen LogP contribution is -2.45. The number of carbonyl (C=O) groups is 2. The molecule has 0 heterocycles. The third-order valence-electron chi connectivity index (χ3n) is 16.5. The van der Waals surface area contributed by atoms with Gasteiger partial charge in [0.25, 0.3) is 0 Å². The van der Waals surface area contributed by atoms with Gasteiger partial charge in [0, 0.05) is 12.8 Å². The highest BCUT2D eigenvalue weighted by Crippen LogP contribution is 2.18. The van der Waals surface area contributed by atoms with Crippen LogP contribution in [0, 0.1) is 0 Å². The normalized spacial score (nSPS) is 12.9. The highest BCUT2D eigenvalue weighted by Gasteiger charge is 2.18. The van der Waals surface area contributed by atoms with E-state index in [2.05, 4.69) is 67.8 Å². The van der Waals surface area contributed by atoms with Crippen LogP contribution >= 0.6 is 0 Å². The molecule has 6 nitrogen and oxygen atoms in total. The summed E-state index contributed by atoms with van der Waals surface area (Å²) in [5.41, 5.74) is 0. The summed E-state index contributed by atoms with van der Waals surface area (Å²) in [6, 6.07) is -0.624. The molecule has 0 rings (SSSR count). The molecule has 0 saturated carbocycles. The Morgan fingerprint density at radius 1 is 0.346 bits per heavy atom. The molecule has 0 spiro atoms. The van der Waals surface area contributed by atoms with Crippen molar-refractivity contribution >= 4 is 11.9 Å². The van der Waals surface area contributed by atoms with Crippen LogP contribution in [0.15, 0.2) is 60.8 Å². The summed E-state index contributed by atoms with van der Waals surface area (Å²) in [7, 11) is 0. The number of hydrogen-bond acceptors (Lipinski definition) is 5. The molecule has 0 aliphatic carbocycles. The summed E-state index contributed by atoms with van der Waals surface area (Å²) < 4.78 is 5.49. The van der Waals surface area contributed by atoms with Gasteiger partial charge in [-0.2, -0.15) is 0 Å². The van der Waals surface area contributed by atoms with Crippen molar-refractivity contribution in [1.82, 2.24) is 5.32 Å². The summed E-state index contributed by atoms with van der Waals surface area (Å²) >= 11 is 0. The molecule has 0 aliphatic heterocycles. The van der Waals surface area contributed by atoms with Crippen LogP contribution < -0.4 is 5.32 Å². The summed E-state index contributed by atoms with van der Waals surface area (Å²) in [5.74, 6) is -0.0603. The molecule has 0 aliphatic rings. The van der Waals surface area contributed by atoms with Crippen LogP contribution in [0.3, 0.4) is 0 Å². The van der Waals surface area contributed by atoms with Crippen LogP contribution in [-0.2, 0) is 14.3 Å². The Balaban J connectivity index is 3.35. The molecule has 3 N–H and O–H groups in total. The second-order valence-corrected chi connectivity index (χ2v) is 24.6. The lowest BCUT2D eigenvalue weighted by Gasteiger charge is -2.20. The third-order valence-corrected chi connectivity index (χ3v) is 16.5. The van der Waals surface area contributed by atoms with Crippen LogP contribution in [0.25, 0.3) is 0 Å². The van der Waals surface area contributed by atoms with Crippen molar-refractivity contribution in [2.24, 2.45) is 0 Å². The van der Waals surface area contributed by atoms with Gasteiger partial charge in [0.15, 0.2) is 0 Å². The molecule has 81 heavy (non-hydrogen) atoms. The molecule has 0 aromatic rings. The van der Waals surface area contributed by atoms with E-state index in [-0.39, 0.29) is 18.5 Å². The van der Waals surface area contributed by atoms with Crippen molar-refractivity contribution in [2.45, 2.75) is 392 Å². The van der Waals surface area contributed by atoms with Gasteiger partial charge in [-0.15, -0.1) is 0 Å².